The second kappa shape index (κ2) is 7.90. The Morgan fingerprint density at radius 2 is 2.07 bits per heavy atom. The number of halogens is 2. The molecular weight excluding hydrogens is 394 g/mol. The molecule has 0 bridgehead atoms. The molecule has 1 fully saturated rings. The van der Waals surface area contributed by atoms with Crippen LogP contribution in [0, 0.1) is 6.92 Å². The summed E-state index contributed by atoms with van der Waals surface area (Å²) in [5.74, 6) is 0.505. The van der Waals surface area contributed by atoms with Crippen LogP contribution in [0.1, 0.15) is 41.9 Å². The molecule has 0 N–H and O–H groups in total. The average molecular weight is 420 g/mol. The molecule has 4 heterocycles. The van der Waals surface area contributed by atoms with E-state index in [-0.39, 0.29) is 18.1 Å². The smallest absolute Gasteiger partial charge is 0.282 e. The predicted molar refractivity (Wildman–Crippen MR) is 105 cm³/mol. The first-order valence-electron chi connectivity index (χ1n) is 10.1. The van der Waals surface area contributed by atoms with E-state index in [9.17, 15) is 13.6 Å². The van der Waals surface area contributed by atoms with Gasteiger partial charge in [-0.05, 0) is 37.8 Å². The number of carbonyl (C=O) groups excluding carboxylic acids is 1. The van der Waals surface area contributed by atoms with Crippen LogP contribution in [0.2, 0.25) is 0 Å². The monoisotopic (exact) mass is 420 g/mol. The van der Waals surface area contributed by atoms with Crippen molar-refractivity contribution >= 4 is 11.9 Å². The third-order valence-corrected chi connectivity index (χ3v) is 5.87. The van der Waals surface area contributed by atoms with Crippen LogP contribution >= 0.6 is 0 Å². The van der Waals surface area contributed by atoms with Crippen molar-refractivity contribution in [2.75, 3.05) is 38.7 Å². The maximum Gasteiger partial charge on any atom is 0.282 e. The van der Waals surface area contributed by atoms with E-state index in [0.717, 1.165) is 17.7 Å². The molecule has 10 heteroatoms. The summed E-state index contributed by atoms with van der Waals surface area (Å²) in [4.78, 5) is 25.5. The van der Waals surface area contributed by atoms with Crippen molar-refractivity contribution in [2.45, 2.75) is 44.8 Å². The van der Waals surface area contributed by atoms with E-state index in [1.165, 1.54) is 10.7 Å². The van der Waals surface area contributed by atoms with E-state index in [2.05, 4.69) is 10.1 Å². The fraction of sp³-hybridized carbons (Fsp3) is 0.600. The van der Waals surface area contributed by atoms with Gasteiger partial charge in [0.2, 0.25) is 11.9 Å². The number of hydrogen-bond donors (Lipinski definition) is 0. The van der Waals surface area contributed by atoms with Gasteiger partial charge in [0.1, 0.15) is 17.8 Å². The van der Waals surface area contributed by atoms with Crippen LogP contribution in [-0.4, -0.2) is 64.3 Å². The van der Waals surface area contributed by atoms with E-state index in [1.54, 1.807) is 11.8 Å². The first-order valence-corrected chi connectivity index (χ1v) is 10.1. The highest BCUT2D eigenvalue weighted by atomic mass is 19.3. The number of aromatic nitrogens is 4. The van der Waals surface area contributed by atoms with Gasteiger partial charge in [0.05, 0.1) is 12.3 Å². The van der Waals surface area contributed by atoms with Gasteiger partial charge >= 0.3 is 0 Å². The Bertz CT molecular complexity index is 937. The molecule has 1 saturated heterocycles. The van der Waals surface area contributed by atoms with E-state index in [0.29, 0.717) is 44.2 Å². The minimum atomic E-state index is -2.65. The number of ether oxygens (including phenoxy) is 1. The van der Waals surface area contributed by atoms with Crippen molar-refractivity contribution in [3.05, 3.63) is 34.9 Å². The number of hydrogen-bond acceptors (Lipinski definition) is 6. The Balaban J connectivity index is 1.47. The summed E-state index contributed by atoms with van der Waals surface area (Å²) >= 11 is 0. The van der Waals surface area contributed by atoms with Crippen LogP contribution in [0.3, 0.4) is 0 Å². The van der Waals surface area contributed by atoms with E-state index >= 15 is 0 Å². The molecule has 1 spiro atoms. The second-order valence-electron chi connectivity index (χ2n) is 8.08. The Kier molecular flexibility index (Phi) is 5.44. The number of likely N-dealkylation sites (tertiary alicyclic amines) is 1. The summed E-state index contributed by atoms with van der Waals surface area (Å²) in [5.41, 5.74) is 1.75. The van der Waals surface area contributed by atoms with Crippen molar-refractivity contribution in [3.8, 4) is 0 Å². The Labute approximate surface area is 173 Å². The number of piperidine rings is 1. The number of carbonyl (C=O) groups is 1. The molecule has 0 atom stereocenters. The minimum absolute atomic E-state index is 0.0457. The summed E-state index contributed by atoms with van der Waals surface area (Å²) in [6.07, 6.45) is 1.28. The molecule has 2 aliphatic rings. The van der Waals surface area contributed by atoms with Crippen LogP contribution in [0.5, 0.6) is 0 Å². The van der Waals surface area contributed by atoms with Gasteiger partial charge in [-0.3, -0.25) is 9.48 Å². The largest absolute Gasteiger partial charge is 0.368 e. The van der Waals surface area contributed by atoms with Gasteiger partial charge < -0.3 is 14.5 Å². The first-order chi connectivity index (χ1) is 14.3. The molecule has 8 nitrogen and oxygen atoms in total. The molecule has 0 aromatic carbocycles. The van der Waals surface area contributed by atoms with Crippen LogP contribution in [-0.2, 0) is 28.1 Å². The van der Waals surface area contributed by atoms with Crippen LogP contribution in [0.25, 0.3) is 0 Å². The summed E-state index contributed by atoms with van der Waals surface area (Å²) in [6.45, 7) is 3.26. The van der Waals surface area contributed by atoms with E-state index in [4.69, 9.17) is 9.72 Å². The van der Waals surface area contributed by atoms with Gasteiger partial charge in [0.25, 0.3) is 6.43 Å². The molecule has 30 heavy (non-hydrogen) atoms. The number of amides is 1. The average Bonchev–Trinajstić information content (AvgIpc) is 3.09. The second-order valence-corrected chi connectivity index (χ2v) is 8.08. The fourth-order valence-corrected chi connectivity index (χ4v) is 4.14. The Hall–Kier alpha value is -2.62. The lowest BCUT2D eigenvalue weighted by atomic mass is 9.83. The number of aryl methyl sites for hydroxylation is 1. The molecule has 4 rings (SSSR count). The van der Waals surface area contributed by atoms with Crippen LogP contribution in [0.4, 0.5) is 14.7 Å². The first kappa shape index (κ1) is 20.6. The normalized spacial score (nSPS) is 18.0. The molecule has 0 unspecified atom stereocenters. The van der Waals surface area contributed by atoms with Gasteiger partial charge in [-0.1, -0.05) is 0 Å². The standard InChI is InChI=1S/C20H26F2N6O2/c1-13-10-15(18(21)22)25-28(13)12-16(29)27-7-5-20(6-8-27)17-14(4-9-30-20)11-23-19(24-17)26(2)3/h10-11,18H,4-9,12H2,1-3H3. The SMILES string of the molecule is Cc1cc(C(F)F)nn1CC(=O)N1CCC2(CC1)OCCc1cnc(N(C)C)nc12. The van der Waals surface area contributed by atoms with Gasteiger partial charge in [0, 0.05) is 39.1 Å². The van der Waals surface area contributed by atoms with Crippen molar-refractivity contribution in [3.63, 3.8) is 0 Å². The van der Waals surface area contributed by atoms with Crippen molar-refractivity contribution in [1.29, 1.82) is 0 Å². The zero-order valence-corrected chi connectivity index (χ0v) is 17.4. The predicted octanol–water partition coefficient (Wildman–Crippen LogP) is 2.08. The molecule has 2 aliphatic heterocycles. The van der Waals surface area contributed by atoms with E-state index < -0.39 is 12.0 Å². The quantitative estimate of drug-likeness (QED) is 0.754. The lowest BCUT2D eigenvalue weighted by Gasteiger charge is -2.44. The minimum Gasteiger partial charge on any atom is -0.368 e. The maximum absolute atomic E-state index is 12.9. The zero-order valence-electron chi connectivity index (χ0n) is 17.4. The summed E-state index contributed by atoms with van der Waals surface area (Å²) in [5, 5.41) is 3.86. The highest BCUT2D eigenvalue weighted by Crippen LogP contribution is 2.40. The van der Waals surface area contributed by atoms with Crippen LogP contribution < -0.4 is 4.90 Å². The van der Waals surface area contributed by atoms with Crippen molar-refractivity contribution in [2.24, 2.45) is 0 Å². The molecule has 162 valence electrons. The van der Waals surface area contributed by atoms with Crippen LogP contribution in [0.15, 0.2) is 12.3 Å². The number of fused-ring (bicyclic) bond motifs is 2. The lowest BCUT2D eigenvalue weighted by Crippen LogP contribution is -2.49. The lowest BCUT2D eigenvalue weighted by molar-refractivity contribution is -0.142. The van der Waals surface area contributed by atoms with Crippen molar-refractivity contribution < 1.29 is 18.3 Å². The van der Waals surface area contributed by atoms with E-state index in [1.807, 2.05) is 25.2 Å². The topological polar surface area (TPSA) is 76.4 Å². The number of alkyl halides is 2. The number of rotatable bonds is 4. The summed E-state index contributed by atoms with van der Waals surface area (Å²) in [6, 6.07) is 1.32. The molecular formula is C20H26F2N6O2. The summed E-state index contributed by atoms with van der Waals surface area (Å²) < 4.78 is 33.3. The highest BCUT2D eigenvalue weighted by Gasteiger charge is 2.43. The Morgan fingerprint density at radius 3 is 2.70 bits per heavy atom. The molecule has 0 radical (unpaired) electrons. The maximum atomic E-state index is 12.9. The molecule has 1 amide bonds. The third-order valence-electron chi connectivity index (χ3n) is 5.87. The molecule has 0 saturated carbocycles. The zero-order chi connectivity index (χ0) is 21.5. The Morgan fingerprint density at radius 1 is 1.33 bits per heavy atom. The van der Waals surface area contributed by atoms with Gasteiger partial charge in [-0.2, -0.15) is 5.10 Å². The highest BCUT2D eigenvalue weighted by molar-refractivity contribution is 5.76. The third kappa shape index (κ3) is 3.76. The number of anilines is 1. The van der Waals surface area contributed by atoms with Crippen molar-refractivity contribution in [1.82, 2.24) is 24.6 Å². The fourth-order valence-electron chi connectivity index (χ4n) is 4.14. The van der Waals surface area contributed by atoms with Gasteiger partial charge in [-0.25, -0.2) is 18.7 Å². The molecule has 2 aromatic heterocycles. The number of nitrogens with zero attached hydrogens (tertiary/aromatic N) is 6. The molecule has 2 aromatic rings. The van der Waals surface area contributed by atoms with Gasteiger partial charge in [0.15, 0.2) is 0 Å². The van der Waals surface area contributed by atoms with Gasteiger partial charge in [-0.15, -0.1) is 0 Å². The molecule has 0 aliphatic carbocycles. The summed E-state index contributed by atoms with van der Waals surface area (Å²) in [7, 11) is 3.80.